The first-order chi connectivity index (χ1) is 6.70. The minimum Gasteiger partial charge on any atom is -0.374 e. The van der Waals surface area contributed by atoms with Crippen LogP contribution in [0.4, 0.5) is 0 Å². The molecule has 2 bridgehead atoms. The van der Waals surface area contributed by atoms with E-state index in [0.717, 1.165) is 25.7 Å². The molecule has 2 nitrogen and oxygen atoms in total. The summed E-state index contributed by atoms with van der Waals surface area (Å²) in [6, 6.07) is 0. The van der Waals surface area contributed by atoms with E-state index in [-0.39, 0.29) is 12.0 Å². The highest BCUT2D eigenvalue weighted by Gasteiger charge is 2.43. The first-order valence-electron chi connectivity index (χ1n) is 5.89. The van der Waals surface area contributed by atoms with Gasteiger partial charge in [-0.05, 0) is 25.2 Å². The maximum Gasteiger partial charge on any atom is 0.138 e. The Morgan fingerprint density at radius 2 is 2.29 bits per heavy atom. The van der Waals surface area contributed by atoms with Crippen molar-refractivity contribution >= 4 is 5.78 Å². The third kappa shape index (κ3) is 1.85. The van der Waals surface area contributed by atoms with Crippen molar-refractivity contribution in [2.45, 2.75) is 58.2 Å². The van der Waals surface area contributed by atoms with Gasteiger partial charge in [0.25, 0.3) is 0 Å². The molecule has 2 heterocycles. The standard InChI is InChI=1S/C12H20O2/c1-3-8(2)6-11(13)10-7-9-4-5-12(10)14-9/h8-10,12H,3-7H2,1-2H3. The number of fused-ring (bicyclic) bond motifs is 2. The fraction of sp³-hybridized carbons (Fsp3) is 0.917. The largest absolute Gasteiger partial charge is 0.374 e. The van der Waals surface area contributed by atoms with Crippen molar-refractivity contribution in [3.63, 3.8) is 0 Å². The summed E-state index contributed by atoms with van der Waals surface area (Å²) in [6.45, 7) is 4.31. The molecule has 2 saturated heterocycles. The number of Topliss-reactive ketones (excluding diaryl/α,β-unsaturated/α-hetero) is 1. The molecule has 2 fully saturated rings. The minimum atomic E-state index is 0.239. The van der Waals surface area contributed by atoms with Gasteiger partial charge in [0.05, 0.1) is 12.2 Å². The van der Waals surface area contributed by atoms with Gasteiger partial charge in [0.1, 0.15) is 5.78 Å². The second kappa shape index (κ2) is 4.01. The van der Waals surface area contributed by atoms with Crippen LogP contribution >= 0.6 is 0 Å². The van der Waals surface area contributed by atoms with E-state index in [9.17, 15) is 4.79 Å². The molecule has 0 amide bonds. The number of carbonyl (C=O) groups excluding carboxylic acids is 1. The SMILES string of the molecule is CCC(C)CC(=O)C1CC2CCC1O2. The molecular formula is C12H20O2. The van der Waals surface area contributed by atoms with Crippen LogP contribution in [0.25, 0.3) is 0 Å². The lowest BCUT2D eigenvalue weighted by Gasteiger charge is -2.18. The molecular weight excluding hydrogens is 176 g/mol. The molecule has 4 unspecified atom stereocenters. The molecule has 2 aliphatic heterocycles. The predicted molar refractivity (Wildman–Crippen MR) is 55.1 cm³/mol. The average Bonchev–Trinajstić information content (AvgIpc) is 2.78. The second-order valence-electron chi connectivity index (χ2n) is 4.90. The number of rotatable bonds is 4. The number of ketones is 1. The zero-order chi connectivity index (χ0) is 10.1. The normalized spacial score (nSPS) is 37.4. The monoisotopic (exact) mass is 196 g/mol. The van der Waals surface area contributed by atoms with Gasteiger partial charge >= 0.3 is 0 Å². The van der Waals surface area contributed by atoms with E-state index in [1.165, 1.54) is 6.42 Å². The average molecular weight is 196 g/mol. The zero-order valence-corrected chi connectivity index (χ0v) is 9.16. The van der Waals surface area contributed by atoms with Crippen LogP contribution in [0.2, 0.25) is 0 Å². The van der Waals surface area contributed by atoms with Crippen LogP contribution in [0, 0.1) is 11.8 Å². The van der Waals surface area contributed by atoms with Crippen LogP contribution in [-0.2, 0) is 9.53 Å². The molecule has 0 saturated carbocycles. The third-order valence-corrected chi connectivity index (χ3v) is 3.77. The number of carbonyl (C=O) groups is 1. The Morgan fingerprint density at radius 3 is 2.79 bits per heavy atom. The lowest BCUT2D eigenvalue weighted by Crippen LogP contribution is -2.26. The molecule has 0 aromatic rings. The Labute approximate surface area is 86.0 Å². The number of hydrogen-bond donors (Lipinski definition) is 0. The molecule has 80 valence electrons. The van der Waals surface area contributed by atoms with Gasteiger partial charge < -0.3 is 4.74 Å². The summed E-state index contributed by atoms with van der Waals surface area (Å²) < 4.78 is 5.70. The van der Waals surface area contributed by atoms with Gasteiger partial charge in [0.2, 0.25) is 0 Å². The van der Waals surface area contributed by atoms with Crippen LogP contribution < -0.4 is 0 Å². The van der Waals surface area contributed by atoms with Crippen LogP contribution in [0.3, 0.4) is 0 Å². The van der Waals surface area contributed by atoms with E-state index in [4.69, 9.17) is 4.74 Å². The Balaban J connectivity index is 1.87. The van der Waals surface area contributed by atoms with E-state index in [0.29, 0.717) is 17.8 Å². The highest BCUT2D eigenvalue weighted by atomic mass is 16.5. The first kappa shape index (κ1) is 10.2. The van der Waals surface area contributed by atoms with Crippen LogP contribution in [0.15, 0.2) is 0 Å². The van der Waals surface area contributed by atoms with Crippen molar-refractivity contribution in [1.82, 2.24) is 0 Å². The highest BCUT2D eigenvalue weighted by Crippen LogP contribution is 2.40. The topological polar surface area (TPSA) is 26.3 Å². The lowest BCUT2D eigenvalue weighted by molar-refractivity contribution is -0.125. The van der Waals surface area contributed by atoms with Crippen molar-refractivity contribution in [2.24, 2.45) is 11.8 Å². The number of hydrogen-bond acceptors (Lipinski definition) is 2. The second-order valence-corrected chi connectivity index (χ2v) is 4.90. The van der Waals surface area contributed by atoms with Crippen LogP contribution in [0.1, 0.15) is 46.0 Å². The maximum absolute atomic E-state index is 11.9. The third-order valence-electron chi connectivity index (χ3n) is 3.77. The first-order valence-corrected chi connectivity index (χ1v) is 5.89. The van der Waals surface area contributed by atoms with E-state index >= 15 is 0 Å². The van der Waals surface area contributed by atoms with Crippen LogP contribution in [0.5, 0.6) is 0 Å². The van der Waals surface area contributed by atoms with E-state index in [2.05, 4.69) is 13.8 Å². The highest BCUT2D eigenvalue weighted by molar-refractivity contribution is 5.82. The van der Waals surface area contributed by atoms with Gasteiger partial charge in [-0.1, -0.05) is 20.3 Å². The molecule has 14 heavy (non-hydrogen) atoms. The van der Waals surface area contributed by atoms with Gasteiger partial charge in [-0.2, -0.15) is 0 Å². The molecule has 0 spiro atoms. The van der Waals surface area contributed by atoms with Gasteiger partial charge in [0, 0.05) is 12.3 Å². The molecule has 0 radical (unpaired) electrons. The summed E-state index contributed by atoms with van der Waals surface area (Å²) in [5.41, 5.74) is 0. The summed E-state index contributed by atoms with van der Waals surface area (Å²) in [7, 11) is 0. The molecule has 2 aliphatic rings. The Morgan fingerprint density at radius 1 is 1.50 bits per heavy atom. The minimum absolute atomic E-state index is 0.239. The molecule has 0 aliphatic carbocycles. The van der Waals surface area contributed by atoms with Crippen molar-refractivity contribution in [3.05, 3.63) is 0 Å². The quantitative estimate of drug-likeness (QED) is 0.690. The summed E-state index contributed by atoms with van der Waals surface area (Å²) in [6.07, 6.45) is 5.84. The van der Waals surface area contributed by atoms with Crippen molar-refractivity contribution < 1.29 is 9.53 Å². The summed E-state index contributed by atoms with van der Waals surface area (Å²) in [5, 5.41) is 0. The van der Waals surface area contributed by atoms with Gasteiger partial charge in [-0.3, -0.25) is 4.79 Å². The van der Waals surface area contributed by atoms with Gasteiger partial charge in [0.15, 0.2) is 0 Å². The summed E-state index contributed by atoms with van der Waals surface area (Å²) >= 11 is 0. The van der Waals surface area contributed by atoms with Gasteiger partial charge in [-0.15, -0.1) is 0 Å². The Kier molecular flexibility index (Phi) is 2.91. The maximum atomic E-state index is 11.9. The number of ether oxygens (including phenoxy) is 1. The van der Waals surface area contributed by atoms with Crippen molar-refractivity contribution in [3.8, 4) is 0 Å². The fourth-order valence-electron chi connectivity index (χ4n) is 2.62. The smallest absolute Gasteiger partial charge is 0.138 e. The predicted octanol–water partition coefficient (Wildman–Crippen LogP) is 2.56. The molecule has 4 atom stereocenters. The van der Waals surface area contributed by atoms with Crippen molar-refractivity contribution in [2.75, 3.05) is 0 Å². The Hall–Kier alpha value is -0.370. The van der Waals surface area contributed by atoms with E-state index in [1.54, 1.807) is 0 Å². The molecule has 2 heteroatoms. The summed E-state index contributed by atoms with van der Waals surface area (Å²) in [4.78, 5) is 11.9. The lowest BCUT2D eigenvalue weighted by atomic mass is 9.83. The van der Waals surface area contributed by atoms with Gasteiger partial charge in [-0.25, -0.2) is 0 Å². The van der Waals surface area contributed by atoms with E-state index < -0.39 is 0 Å². The Bertz CT molecular complexity index is 224. The molecule has 0 aromatic carbocycles. The van der Waals surface area contributed by atoms with E-state index in [1.807, 2.05) is 0 Å². The fourth-order valence-corrected chi connectivity index (χ4v) is 2.62. The molecule has 2 rings (SSSR count). The molecule has 0 aromatic heterocycles. The van der Waals surface area contributed by atoms with Crippen molar-refractivity contribution in [1.29, 1.82) is 0 Å². The summed E-state index contributed by atoms with van der Waals surface area (Å²) in [5.74, 6) is 1.23. The molecule has 0 N–H and O–H groups in total. The zero-order valence-electron chi connectivity index (χ0n) is 9.16. The van der Waals surface area contributed by atoms with Crippen LogP contribution in [-0.4, -0.2) is 18.0 Å².